The predicted molar refractivity (Wildman–Crippen MR) is 60.7 cm³/mol. The monoisotopic (exact) mass is 256 g/mol. The Morgan fingerprint density at radius 1 is 1.41 bits per heavy atom. The van der Waals surface area contributed by atoms with Gasteiger partial charge in [-0.25, -0.2) is 4.79 Å². The summed E-state index contributed by atoms with van der Waals surface area (Å²) in [6.45, 7) is 0. The van der Waals surface area contributed by atoms with Crippen molar-refractivity contribution in [3.8, 4) is 5.75 Å². The van der Waals surface area contributed by atoms with E-state index in [-0.39, 0.29) is 16.3 Å². The summed E-state index contributed by atoms with van der Waals surface area (Å²) in [7, 11) is 1.04. The van der Waals surface area contributed by atoms with Crippen LogP contribution in [0.5, 0.6) is 5.75 Å². The van der Waals surface area contributed by atoms with Crippen molar-refractivity contribution in [3.05, 3.63) is 34.9 Å². The minimum atomic E-state index is -1.11. The van der Waals surface area contributed by atoms with E-state index in [1.165, 1.54) is 18.2 Å². The topological polar surface area (TPSA) is 83.8 Å². The molecular formula is C11H9ClO5. The molecule has 0 aliphatic carbocycles. The molecule has 0 aliphatic heterocycles. The number of phenols is 1. The van der Waals surface area contributed by atoms with Crippen molar-refractivity contribution < 1.29 is 24.5 Å². The summed E-state index contributed by atoms with van der Waals surface area (Å²) in [4.78, 5) is 21.9. The number of rotatable bonds is 3. The van der Waals surface area contributed by atoms with Gasteiger partial charge in [-0.05, 0) is 18.2 Å². The van der Waals surface area contributed by atoms with Gasteiger partial charge in [-0.15, -0.1) is 0 Å². The Balaban J connectivity index is 3.07. The third kappa shape index (κ3) is 3.22. The number of esters is 1. The first-order valence-corrected chi connectivity index (χ1v) is 4.85. The standard InChI is InChI=1S/C11H9ClO5/c1-17-11(16)10(15)5-9(14)7-4-6(12)2-3-8(7)13/h2-5,13-14H,1H3/b9-5-. The van der Waals surface area contributed by atoms with E-state index in [9.17, 15) is 19.8 Å². The van der Waals surface area contributed by atoms with Gasteiger partial charge in [-0.3, -0.25) is 4.79 Å². The normalized spacial score (nSPS) is 11.1. The molecule has 0 atom stereocenters. The Hall–Kier alpha value is -2.01. The molecular weight excluding hydrogens is 248 g/mol. The molecule has 2 N–H and O–H groups in total. The maximum atomic E-state index is 11.1. The molecule has 0 aliphatic rings. The fourth-order valence-electron chi connectivity index (χ4n) is 1.07. The molecule has 0 saturated heterocycles. The molecule has 1 aromatic carbocycles. The SMILES string of the molecule is COC(=O)C(=O)/C=C(\O)c1cc(Cl)ccc1O. The van der Waals surface area contributed by atoms with Crippen LogP contribution in [0.15, 0.2) is 24.3 Å². The molecule has 90 valence electrons. The van der Waals surface area contributed by atoms with E-state index in [0.29, 0.717) is 6.08 Å². The van der Waals surface area contributed by atoms with E-state index in [1.807, 2.05) is 0 Å². The minimum absolute atomic E-state index is 0.0465. The zero-order valence-electron chi connectivity index (χ0n) is 8.81. The van der Waals surface area contributed by atoms with Gasteiger partial charge in [-0.2, -0.15) is 0 Å². The molecule has 0 aromatic heterocycles. The van der Waals surface area contributed by atoms with Crippen LogP contribution in [0.3, 0.4) is 0 Å². The van der Waals surface area contributed by atoms with Crippen LogP contribution >= 0.6 is 11.6 Å². The van der Waals surface area contributed by atoms with Gasteiger partial charge in [0.25, 0.3) is 5.78 Å². The summed E-state index contributed by atoms with van der Waals surface area (Å²) in [5, 5.41) is 19.2. The quantitative estimate of drug-likeness (QED) is 0.372. The number of carbonyl (C=O) groups is 2. The lowest BCUT2D eigenvalue weighted by molar-refractivity contribution is -0.149. The van der Waals surface area contributed by atoms with Gasteiger partial charge < -0.3 is 14.9 Å². The number of hydrogen-bond donors (Lipinski definition) is 2. The summed E-state index contributed by atoms with van der Waals surface area (Å²) in [5.74, 6) is -2.98. The number of methoxy groups -OCH3 is 1. The zero-order chi connectivity index (χ0) is 13.0. The highest BCUT2D eigenvalue weighted by Gasteiger charge is 2.14. The Bertz CT molecular complexity index is 493. The second-order valence-electron chi connectivity index (χ2n) is 3.05. The van der Waals surface area contributed by atoms with Crippen LogP contribution in [-0.4, -0.2) is 29.1 Å². The third-order valence-corrected chi connectivity index (χ3v) is 2.12. The predicted octanol–water partition coefficient (Wildman–Crippen LogP) is 1.69. The number of carbonyl (C=O) groups excluding carboxylic acids is 2. The minimum Gasteiger partial charge on any atom is -0.507 e. The van der Waals surface area contributed by atoms with Crippen molar-refractivity contribution in [2.45, 2.75) is 0 Å². The maximum Gasteiger partial charge on any atom is 0.378 e. The zero-order valence-corrected chi connectivity index (χ0v) is 9.56. The number of benzene rings is 1. The van der Waals surface area contributed by atoms with Crippen LogP contribution < -0.4 is 0 Å². The van der Waals surface area contributed by atoms with E-state index in [0.717, 1.165) is 7.11 Å². The summed E-state index contributed by atoms with van der Waals surface area (Å²) in [6, 6.07) is 3.92. The van der Waals surface area contributed by atoms with E-state index in [4.69, 9.17) is 11.6 Å². The highest BCUT2D eigenvalue weighted by Crippen LogP contribution is 2.26. The average Bonchev–Trinajstić information content (AvgIpc) is 2.30. The molecule has 0 radical (unpaired) electrons. The number of aliphatic hydroxyl groups excluding tert-OH is 1. The van der Waals surface area contributed by atoms with Gasteiger partial charge in [-0.1, -0.05) is 11.6 Å². The summed E-state index contributed by atoms with van der Waals surface area (Å²) >= 11 is 5.66. The maximum absolute atomic E-state index is 11.1. The van der Waals surface area contributed by atoms with E-state index < -0.39 is 17.5 Å². The Morgan fingerprint density at radius 3 is 2.65 bits per heavy atom. The van der Waals surface area contributed by atoms with Crippen LogP contribution in [0.4, 0.5) is 0 Å². The summed E-state index contributed by atoms with van der Waals surface area (Å²) < 4.78 is 4.17. The number of ketones is 1. The average molecular weight is 257 g/mol. The number of halogens is 1. The first kappa shape index (κ1) is 13.1. The largest absolute Gasteiger partial charge is 0.507 e. The number of ether oxygens (including phenoxy) is 1. The fourth-order valence-corrected chi connectivity index (χ4v) is 1.25. The van der Waals surface area contributed by atoms with Gasteiger partial charge in [0.2, 0.25) is 0 Å². The van der Waals surface area contributed by atoms with Crippen molar-refractivity contribution in [2.24, 2.45) is 0 Å². The van der Waals surface area contributed by atoms with Crippen LogP contribution in [0.1, 0.15) is 5.56 Å². The Morgan fingerprint density at radius 2 is 2.06 bits per heavy atom. The molecule has 17 heavy (non-hydrogen) atoms. The van der Waals surface area contributed by atoms with Gasteiger partial charge in [0, 0.05) is 11.1 Å². The number of hydrogen-bond acceptors (Lipinski definition) is 5. The highest BCUT2D eigenvalue weighted by molar-refractivity contribution is 6.39. The summed E-state index contributed by atoms with van der Waals surface area (Å²) in [5.41, 5.74) is -0.0465. The van der Waals surface area contributed by atoms with Gasteiger partial charge in [0.05, 0.1) is 12.7 Å². The molecule has 6 heteroatoms. The summed E-state index contributed by atoms with van der Waals surface area (Å²) in [6.07, 6.45) is 0.650. The lowest BCUT2D eigenvalue weighted by atomic mass is 10.1. The van der Waals surface area contributed by atoms with E-state index >= 15 is 0 Å². The van der Waals surface area contributed by atoms with Crippen molar-refractivity contribution >= 4 is 29.1 Å². The van der Waals surface area contributed by atoms with Gasteiger partial charge >= 0.3 is 5.97 Å². The molecule has 0 unspecified atom stereocenters. The lowest BCUT2D eigenvalue weighted by Gasteiger charge is -2.03. The highest BCUT2D eigenvalue weighted by atomic mass is 35.5. The molecule has 5 nitrogen and oxygen atoms in total. The molecule has 1 rings (SSSR count). The van der Waals surface area contributed by atoms with Crippen LogP contribution in [0.2, 0.25) is 5.02 Å². The third-order valence-electron chi connectivity index (χ3n) is 1.89. The van der Waals surface area contributed by atoms with Gasteiger partial charge in [0.15, 0.2) is 0 Å². The lowest BCUT2D eigenvalue weighted by Crippen LogP contribution is -2.13. The molecule has 0 bridgehead atoms. The number of phenolic OH excluding ortho intramolecular Hbond substituents is 1. The van der Waals surface area contributed by atoms with E-state index in [1.54, 1.807) is 0 Å². The van der Waals surface area contributed by atoms with E-state index in [2.05, 4.69) is 4.74 Å². The van der Waals surface area contributed by atoms with Crippen molar-refractivity contribution in [1.29, 1.82) is 0 Å². The molecule has 0 fully saturated rings. The Labute approximate surface area is 102 Å². The molecule has 0 saturated carbocycles. The van der Waals surface area contributed by atoms with Crippen LogP contribution in [0.25, 0.3) is 5.76 Å². The number of aliphatic hydroxyl groups is 1. The number of aromatic hydroxyl groups is 1. The van der Waals surface area contributed by atoms with Crippen LogP contribution in [0, 0.1) is 0 Å². The van der Waals surface area contributed by atoms with Gasteiger partial charge in [0.1, 0.15) is 11.5 Å². The van der Waals surface area contributed by atoms with Crippen LogP contribution in [-0.2, 0) is 14.3 Å². The Kier molecular flexibility index (Phi) is 4.12. The molecule has 1 aromatic rings. The first-order valence-electron chi connectivity index (χ1n) is 4.47. The molecule has 0 amide bonds. The first-order chi connectivity index (χ1) is 7.95. The second-order valence-corrected chi connectivity index (χ2v) is 3.48. The molecule has 0 spiro atoms. The van der Waals surface area contributed by atoms with Crippen molar-refractivity contribution in [3.63, 3.8) is 0 Å². The smallest absolute Gasteiger partial charge is 0.378 e. The van der Waals surface area contributed by atoms with Crippen molar-refractivity contribution in [2.75, 3.05) is 7.11 Å². The van der Waals surface area contributed by atoms with Crippen molar-refractivity contribution in [1.82, 2.24) is 0 Å². The fraction of sp³-hybridized carbons (Fsp3) is 0.0909. The molecule has 0 heterocycles. The second kappa shape index (κ2) is 5.36.